The lowest BCUT2D eigenvalue weighted by Crippen LogP contribution is -2.19. The second kappa shape index (κ2) is 5.32. The fourth-order valence-electron chi connectivity index (χ4n) is 1.90. The lowest BCUT2D eigenvalue weighted by Gasteiger charge is -2.16. The van der Waals surface area contributed by atoms with Crippen LogP contribution in [0.5, 0.6) is 0 Å². The molecule has 0 aromatic heterocycles. The van der Waals surface area contributed by atoms with Gasteiger partial charge in [0.05, 0.1) is 11.5 Å². The third kappa shape index (κ3) is 2.36. The summed E-state index contributed by atoms with van der Waals surface area (Å²) in [6.45, 7) is 1.51. The van der Waals surface area contributed by atoms with Crippen molar-refractivity contribution in [3.63, 3.8) is 0 Å². The molecule has 0 unspecified atom stereocenters. The van der Waals surface area contributed by atoms with Gasteiger partial charge < -0.3 is 5.32 Å². The molecular formula is C15H10ClNO3. The molecule has 0 fully saturated rings. The van der Waals surface area contributed by atoms with Gasteiger partial charge in [0.15, 0.2) is 5.78 Å². The number of rotatable bonds is 2. The smallest absolute Gasteiger partial charge is 0.236 e. The molecule has 1 aromatic rings. The summed E-state index contributed by atoms with van der Waals surface area (Å²) in [5.41, 5.74) is 1.10. The van der Waals surface area contributed by atoms with E-state index in [0.717, 1.165) is 0 Å². The normalized spacial score (nSPS) is 13.8. The van der Waals surface area contributed by atoms with Gasteiger partial charge in [0.25, 0.3) is 0 Å². The van der Waals surface area contributed by atoms with Crippen LogP contribution in [0.15, 0.2) is 28.8 Å². The topological polar surface area (TPSA) is 63.2 Å². The summed E-state index contributed by atoms with van der Waals surface area (Å²) >= 11 is 5.84. The van der Waals surface area contributed by atoms with Crippen LogP contribution in [0.2, 0.25) is 0 Å². The number of hydrogen-bond donors (Lipinski definition) is 1. The van der Waals surface area contributed by atoms with E-state index in [2.05, 4.69) is 11.2 Å². The molecule has 1 aromatic carbocycles. The van der Waals surface area contributed by atoms with E-state index in [1.807, 2.05) is 0 Å². The predicted octanol–water partition coefficient (Wildman–Crippen LogP) is 2.54. The highest BCUT2D eigenvalue weighted by molar-refractivity contribution is 6.50. The Kier molecular flexibility index (Phi) is 3.73. The van der Waals surface area contributed by atoms with E-state index in [1.165, 1.54) is 19.1 Å². The molecule has 5 heteroatoms. The molecule has 1 aliphatic rings. The second-order valence-corrected chi connectivity index (χ2v) is 4.66. The first-order chi connectivity index (χ1) is 9.45. The molecule has 0 saturated carbocycles. The number of carbonyl (C=O) groups excluding carboxylic acids is 3. The Labute approximate surface area is 120 Å². The molecule has 1 aliphatic carbocycles. The Bertz CT molecular complexity index is 710. The zero-order valence-electron chi connectivity index (χ0n) is 10.6. The molecule has 1 amide bonds. The Morgan fingerprint density at radius 3 is 2.65 bits per heavy atom. The minimum atomic E-state index is -0.424. The van der Waals surface area contributed by atoms with Crippen LogP contribution in [0, 0.1) is 12.3 Å². The number of hydrogen-bond acceptors (Lipinski definition) is 3. The summed E-state index contributed by atoms with van der Waals surface area (Å²) in [4.78, 5) is 35.5. The first kappa shape index (κ1) is 14.0. The van der Waals surface area contributed by atoms with Crippen LogP contribution in [-0.2, 0) is 4.79 Å². The molecule has 0 heterocycles. The van der Waals surface area contributed by atoms with Crippen molar-refractivity contribution >= 4 is 34.8 Å². The SMILES string of the molecule is C#CCC(=O)Nc1ccc2c(c1)C(=O)C(Cl)=C(C)C2=O. The number of allylic oxidation sites excluding steroid dienone is 2. The quantitative estimate of drug-likeness (QED) is 0.850. The molecule has 0 bridgehead atoms. The van der Waals surface area contributed by atoms with Crippen molar-refractivity contribution in [1.82, 2.24) is 0 Å². The third-order valence-electron chi connectivity index (χ3n) is 2.92. The number of anilines is 1. The van der Waals surface area contributed by atoms with Crippen LogP contribution in [0.3, 0.4) is 0 Å². The van der Waals surface area contributed by atoms with Gasteiger partial charge in [-0.05, 0) is 25.1 Å². The minimum absolute atomic E-state index is 0.0657. The van der Waals surface area contributed by atoms with E-state index in [4.69, 9.17) is 18.0 Å². The zero-order chi connectivity index (χ0) is 14.9. The van der Waals surface area contributed by atoms with Gasteiger partial charge in [-0.25, -0.2) is 0 Å². The third-order valence-corrected chi connectivity index (χ3v) is 3.38. The molecule has 0 saturated heterocycles. The highest BCUT2D eigenvalue weighted by atomic mass is 35.5. The Morgan fingerprint density at radius 2 is 2.00 bits per heavy atom. The van der Waals surface area contributed by atoms with E-state index < -0.39 is 5.78 Å². The fraction of sp³-hybridized carbons (Fsp3) is 0.133. The number of nitrogens with one attached hydrogen (secondary N) is 1. The van der Waals surface area contributed by atoms with Gasteiger partial charge in [-0.2, -0.15) is 0 Å². The maximum Gasteiger partial charge on any atom is 0.236 e. The molecule has 0 radical (unpaired) electrons. The first-order valence-electron chi connectivity index (χ1n) is 5.79. The Hall–Kier alpha value is -2.38. The average molecular weight is 288 g/mol. The van der Waals surface area contributed by atoms with E-state index in [1.54, 1.807) is 6.07 Å². The van der Waals surface area contributed by atoms with Gasteiger partial charge in [-0.3, -0.25) is 14.4 Å². The summed E-state index contributed by atoms with van der Waals surface area (Å²) < 4.78 is 0. The number of carbonyl (C=O) groups is 3. The van der Waals surface area contributed by atoms with Crippen molar-refractivity contribution in [3.05, 3.63) is 39.9 Å². The van der Waals surface area contributed by atoms with E-state index in [-0.39, 0.29) is 39.8 Å². The molecule has 20 heavy (non-hydrogen) atoms. The van der Waals surface area contributed by atoms with Crippen LogP contribution >= 0.6 is 11.6 Å². The van der Waals surface area contributed by atoms with Crippen LogP contribution in [-0.4, -0.2) is 17.5 Å². The maximum atomic E-state index is 12.0. The summed E-state index contributed by atoms with van der Waals surface area (Å²) in [6, 6.07) is 4.47. The van der Waals surface area contributed by atoms with Crippen molar-refractivity contribution in [3.8, 4) is 12.3 Å². The summed E-state index contributed by atoms with van der Waals surface area (Å²) in [5.74, 6) is 1.15. The van der Waals surface area contributed by atoms with Crippen molar-refractivity contribution in [2.75, 3.05) is 5.32 Å². The maximum absolute atomic E-state index is 12.0. The zero-order valence-corrected chi connectivity index (χ0v) is 11.4. The number of fused-ring (bicyclic) bond motifs is 1. The molecule has 1 N–H and O–H groups in total. The number of amides is 1. The van der Waals surface area contributed by atoms with E-state index in [0.29, 0.717) is 5.69 Å². The lowest BCUT2D eigenvalue weighted by atomic mass is 9.89. The highest BCUT2D eigenvalue weighted by Gasteiger charge is 2.29. The summed E-state index contributed by atoms with van der Waals surface area (Å²) in [5, 5.41) is 2.46. The Morgan fingerprint density at radius 1 is 1.30 bits per heavy atom. The summed E-state index contributed by atoms with van der Waals surface area (Å²) in [6.07, 6.45) is 4.97. The number of benzene rings is 1. The van der Waals surface area contributed by atoms with Gasteiger partial charge in [0.1, 0.15) is 0 Å². The van der Waals surface area contributed by atoms with Crippen molar-refractivity contribution in [2.24, 2.45) is 0 Å². The van der Waals surface area contributed by atoms with Crippen LogP contribution in [0.25, 0.3) is 0 Å². The summed E-state index contributed by atoms with van der Waals surface area (Å²) in [7, 11) is 0. The molecule has 0 spiro atoms. The molecular weight excluding hydrogens is 278 g/mol. The average Bonchev–Trinajstić information content (AvgIpc) is 2.43. The molecule has 0 aliphatic heterocycles. The number of Topliss-reactive ketones (excluding diaryl/α,β-unsaturated/α-hetero) is 2. The second-order valence-electron chi connectivity index (χ2n) is 4.29. The number of ketones is 2. The van der Waals surface area contributed by atoms with Gasteiger partial charge in [-0.15, -0.1) is 6.42 Å². The predicted molar refractivity (Wildman–Crippen MR) is 75.7 cm³/mol. The van der Waals surface area contributed by atoms with Gasteiger partial charge >= 0.3 is 0 Å². The number of halogens is 1. The van der Waals surface area contributed by atoms with E-state index in [9.17, 15) is 14.4 Å². The van der Waals surface area contributed by atoms with Crippen LogP contribution in [0.1, 0.15) is 34.1 Å². The lowest BCUT2D eigenvalue weighted by molar-refractivity contribution is -0.115. The highest BCUT2D eigenvalue weighted by Crippen LogP contribution is 2.30. The van der Waals surface area contributed by atoms with Gasteiger partial charge in [-0.1, -0.05) is 17.5 Å². The van der Waals surface area contributed by atoms with Crippen molar-refractivity contribution < 1.29 is 14.4 Å². The minimum Gasteiger partial charge on any atom is -0.325 e. The van der Waals surface area contributed by atoms with Crippen molar-refractivity contribution in [1.29, 1.82) is 0 Å². The van der Waals surface area contributed by atoms with Crippen LogP contribution in [0.4, 0.5) is 5.69 Å². The number of terminal acetylenes is 1. The van der Waals surface area contributed by atoms with E-state index >= 15 is 0 Å². The standard InChI is InChI=1S/C15H10ClNO3/c1-3-4-12(18)17-9-5-6-10-11(7-9)15(20)13(16)8(2)14(10)19/h1,5-7H,4H2,2H3,(H,17,18). The van der Waals surface area contributed by atoms with Gasteiger partial charge in [0, 0.05) is 22.4 Å². The van der Waals surface area contributed by atoms with Gasteiger partial charge in [0.2, 0.25) is 11.7 Å². The first-order valence-corrected chi connectivity index (χ1v) is 6.16. The van der Waals surface area contributed by atoms with Crippen molar-refractivity contribution in [2.45, 2.75) is 13.3 Å². The molecule has 2 rings (SSSR count). The molecule has 100 valence electrons. The molecule has 0 atom stereocenters. The van der Waals surface area contributed by atoms with Crippen LogP contribution < -0.4 is 5.32 Å². The molecule has 4 nitrogen and oxygen atoms in total. The fourth-order valence-corrected chi connectivity index (χ4v) is 2.08. The monoisotopic (exact) mass is 287 g/mol. The Balaban J connectivity index is 2.40. The largest absolute Gasteiger partial charge is 0.325 e.